The van der Waals surface area contributed by atoms with Crippen molar-refractivity contribution in [2.45, 2.75) is 89.8 Å². The number of ether oxygens (including phenoxy) is 1. The van der Waals surface area contributed by atoms with Crippen molar-refractivity contribution in [1.29, 1.82) is 0 Å². The van der Waals surface area contributed by atoms with Crippen LogP contribution in [0.4, 0.5) is 0 Å². The van der Waals surface area contributed by atoms with Gasteiger partial charge in [0.2, 0.25) is 0 Å². The molecule has 0 aliphatic heterocycles. The molecule has 0 aromatic carbocycles. The zero-order valence-corrected chi connectivity index (χ0v) is 19.3. The Labute approximate surface area is 185 Å². The molecule has 0 saturated heterocycles. The molecule has 0 radical (unpaired) electrons. The maximum Gasteiger partial charge on any atom is 0.469 e. The van der Waals surface area contributed by atoms with Crippen molar-refractivity contribution in [3.05, 3.63) is 24.3 Å². The molecular formula is C21H39O9P. The molecule has 9 nitrogen and oxygen atoms in total. The van der Waals surface area contributed by atoms with E-state index in [9.17, 15) is 14.5 Å². The van der Waals surface area contributed by atoms with Crippen LogP contribution in [0.2, 0.25) is 0 Å². The quantitative estimate of drug-likeness (QED) is 0.0516. The molecule has 0 spiro atoms. The van der Waals surface area contributed by atoms with Gasteiger partial charge in [-0.3, -0.25) is 14.6 Å². The first kappa shape index (κ1) is 29.9. The number of phosphoric ester groups is 1. The van der Waals surface area contributed by atoms with Crippen LogP contribution in [0.3, 0.4) is 0 Å². The Morgan fingerprint density at radius 1 is 1.00 bits per heavy atom. The van der Waals surface area contributed by atoms with Crippen LogP contribution in [0.15, 0.2) is 24.3 Å². The Morgan fingerprint density at radius 2 is 1.71 bits per heavy atom. The average molecular weight is 467 g/mol. The lowest BCUT2D eigenvalue weighted by Crippen LogP contribution is -2.23. The van der Waals surface area contributed by atoms with Gasteiger partial charge in [0.15, 0.2) is 0 Å². The molecule has 0 fully saturated rings. The monoisotopic (exact) mass is 466 g/mol. The minimum absolute atomic E-state index is 0.239. The van der Waals surface area contributed by atoms with Crippen molar-refractivity contribution in [3.8, 4) is 0 Å². The van der Waals surface area contributed by atoms with Gasteiger partial charge in [-0.15, -0.1) is 0 Å². The predicted octanol–water partition coefficient (Wildman–Crippen LogP) is 4.28. The summed E-state index contributed by atoms with van der Waals surface area (Å²) in [5.74, 6) is -0.454. The second-order valence-electron chi connectivity index (χ2n) is 7.38. The van der Waals surface area contributed by atoms with Crippen LogP contribution >= 0.6 is 7.82 Å². The van der Waals surface area contributed by atoms with Gasteiger partial charge in [-0.25, -0.2) is 9.45 Å². The van der Waals surface area contributed by atoms with Crippen LogP contribution in [-0.4, -0.2) is 51.5 Å². The minimum atomic E-state index is -4.64. The predicted molar refractivity (Wildman–Crippen MR) is 117 cm³/mol. The molecule has 0 aliphatic carbocycles. The van der Waals surface area contributed by atoms with Crippen molar-refractivity contribution in [1.82, 2.24) is 0 Å². The van der Waals surface area contributed by atoms with Gasteiger partial charge in [0, 0.05) is 6.42 Å². The largest absolute Gasteiger partial charge is 0.469 e. The number of carbonyl (C=O) groups is 1. The minimum Gasteiger partial charge on any atom is -0.463 e. The first-order valence-corrected chi connectivity index (χ1v) is 12.5. The van der Waals surface area contributed by atoms with Crippen molar-refractivity contribution in [2.24, 2.45) is 0 Å². The van der Waals surface area contributed by atoms with E-state index in [0.29, 0.717) is 6.42 Å². The fourth-order valence-corrected chi connectivity index (χ4v) is 3.06. The highest BCUT2D eigenvalue weighted by atomic mass is 31.2. The third-order valence-electron chi connectivity index (χ3n) is 4.42. The normalized spacial score (nSPS) is 14.4. The lowest BCUT2D eigenvalue weighted by molar-refractivity contribution is -0.267. The number of hydrogen-bond donors (Lipinski definition) is 4. The van der Waals surface area contributed by atoms with Gasteiger partial charge in [-0.05, 0) is 25.7 Å². The topological polar surface area (TPSA) is 143 Å². The molecule has 0 heterocycles. The molecule has 31 heavy (non-hydrogen) atoms. The standard InChI is InChI=1S/C21H39O9P/c1-2-3-11-14-20(30-24)15-12-9-7-5-4-6-8-10-13-16-21(23)28-17-19(22)18-29-31(25,26)27/h7,9,12,15,19-20,22,24H,2-6,8,10-11,13-14,16-18H2,1H3,(H2,25,26,27)/t19-,20?/m0/s1. The fourth-order valence-electron chi connectivity index (χ4n) is 2.70. The van der Waals surface area contributed by atoms with E-state index in [1.807, 2.05) is 18.2 Å². The number of allylic oxidation sites excluding steroid dienone is 3. The summed E-state index contributed by atoms with van der Waals surface area (Å²) in [6.45, 7) is 1.17. The summed E-state index contributed by atoms with van der Waals surface area (Å²) in [6, 6.07) is 0. The number of esters is 1. The molecule has 10 heteroatoms. The Kier molecular flexibility index (Phi) is 18.9. The number of aliphatic hydroxyl groups excluding tert-OH is 1. The summed E-state index contributed by atoms with van der Waals surface area (Å²) in [6.07, 6.45) is 16.3. The molecule has 0 saturated carbocycles. The van der Waals surface area contributed by atoms with E-state index in [4.69, 9.17) is 19.8 Å². The molecule has 0 aliphatic rings. The van der Waals surface area contributed by atoms with Crippen molar-refractivity contribution in [3.63, 3.8) is 0 Å². The Bertz CT molecular complexity index is 545. The first-order chi connectivity index (χ1) is 14.8. The van der Waals surface area contributed by atoms with Gasteiger partial charge in [0.25, 0.3) is 0 Å². The third kappa shape index (κ3) is 21.9. The van der Waals surface area contributed by atoms with E-state index >= 15 is 0 Å². The highest BCUT2D eigenvalue weighted by Crippen LogP contribution is 2.35. The SMILES string of the molecule is CCCCCC(C=CC=CCCCCCCCC(=O)OC[C@H](O)COP(=O)(O)O)OO. The average Bonchev–Trinajstić information content (AvgIpc) is 2.72. The number of hydrogen-bond acceptors (Lipinski definition) is 7. The zero-order chi connectivity index (χ0) is 23.4. The maximum absolute atomic E-state index is 11.6. The summed E-state index contributed by atoms with van der Waals surface area (Å²) in [5.41, 5.74) is 0. The summed E-state index contributed by atoms with van der Waals surface area (Å²) in [7, 11) is -4.64. The molecule has 0 aromatic rings. The number of aliphatic hydroxyl groups is 1. The van der Waals surface area contributed by atoms with E-state index in [-0.39, 0.29) is 19.1 Å². The first-order valence-electron chi connectivity index (χ1n) is 11.0. The number of phosphoric acid groups is 1. The van der Waals surface area contributed by atoms with Gasteiger partial charge in [-0.2, -0.15) is 0 Å². The Morgan fingerprint density at radius 3 is 2.39 bits per heavy atom. The van der Waals surface area contributed by atoms with Crippen LogP contribution in [0.25, 0.3) is 0 Å². The summed E-state index contributed by atoms with van der Waals surface area (Å²) in [4.78, 5) is 33.0. The van der Waals surface area contributed by atoms with E-state index in [2.05, 4.69) is 22.4 Å². The van der Waals surface area contributed by atoms with E-state index < -0.39 is 26.5 Å². The van der Waals surface area contributed by atoms with Gasteiger partial charge in [-0.1, -0.05) is 69.8 Å². The highest BCUT2D eigenvalue weighted by molar-refractivity contribution is 7.46. The number of carbonyl (C=O) groups excluding carboxylic acids is 1. The number of rotatable bonds is 20. The van der Waals surface area contributed by atoms with Crippen LogP contribution < -0.4 is 0 Å². The van der Waals surface area contributed by atoms with Crippen LogP contribution in [0.5, 0.6) is 0 Å². The molecule has 2 atom stereocenters. The van der Waals surface area contributed by atoms with Gasteiger partial charge in [0.05, 0.1) is 6.61 Å². The smallest absolute Gasteiger partial charge is 0.463 e. The van der Waals surface area contributed by atoms with Crippen LogP contribution in [0, 0.1) is 0 Å². The third-order valence-corrected chi connectivity index (χ3v) is 4.91. The van der Waals surface area contributed by atoms with Crippen molar-refractivity contribution >= 4 is 13.8 Å². The second-order valence-corrected chi connectivity index (χ2v) is 8.62. The van der Waals surface area contributed by atoms with Crippen LogP contribution in [-0.2, 0) is 23.5 Å². The molecule has 4 N–H and O–H groups in total. The zero-order valence-electron chi connectivity index (χ0n) is 18.4. The number of unbranched alkanes of at least 4 members (excludes halogenated alkanes) is 7. The molecule has 0 amide bonds. The van der Waals surface area contributed by atoms with Crippen molar-refractivity contribution in [2.75, 3.05) is 13.2 Å². The van der Waals surface area contributed by atoms with Crippen LogP contribution in [0.1, 0.15) is 77.6 Å². The van der Waals surface area contributed by atoms with E-state index in [1.54, 1.807) is 0 Å². The molecule has 1 unspecified atom stereocenters. The fraction of sp³-hybridized carbons (Fsp3) is 0.762. The van der Waals surface area contributed by atoms with E-state index in [1.165, 1.54) is 0 Å². The van der Waals surface area contributed by atoms with E-state index in [0.717, 1.165) is 57.8 Å². The Hall–Kier alpha value is -1.06. The second kappa shape index (κ2) is 19.6. The summed E-state index contributed by atoms with van der Waals surface area (Å²) in [5, 5.41) is 18.3. The molecule has 0 bridgehead atoms. The molecular weight excluding hydrogens is 427 g/mol. The lowest BCUT2D eigenvalue weighted by Gasteiger charge is -2.12. The maximum atomic E-state index is 11.6. The highest BCUT2D eigenvalue weighted by Gasteiger charge is 2.17. The van der Waals surface area contributed by atoms with Gasteiger partial charge in [0.1, 0.15) is 18.8 Å². The molecule has 0 aromatic heterocycles. The lowest BCUT2D eigenvalue weighted by atomic mass is 10.1. The van der Waals surface area contributed by atoms with Crippen molar-refractivity contribution < 1.29 is 43.7 Å². The summed E-state index contributed by atoms with van der Waals surface area (Å²) >= 11 is 0. The van der Waals surface area contributed by atoms with Gasteiger partial charge >= 0.3 is 13.8 Å². The Balaban J connectivity index is 3.61. The van der Waals surface area contributed by atoms with Gasteiger partial charge < -0.3 is 19.6 Å². The summed E-state index contributed by atoms with van der Waals surface area (Å²) < 4.78 is 19.5. The molecule has 0 rings (SSSR count). The molecule has 182 valence electrons.